The molecule has 1 aliphatic heterocycles. The highest BCUT2D eigenvalue weighted by Crippen LogP contribution is 2.41. The summed E-state index contributed by atoms with van der Waals surface area (Å²) in [6.45, 7) is 6.30. The summed E-state index contributed by atoms with van der Waals surface area (Å²) >= 11 is 1.99. The zero-order valence-electron chi connectivity index (χ0n) is 20.7. The first-order valence-electron chi connectivity index (χ1n) is 11.4. The van der Waals surface area contributed by atoms with E-state index in [2.05, 4.69) is 25.5 Å². The van der Waals surface area contributed by atoms with E-state index in [-0.39, 0.29) is 23.2 Å². The molecule has 4 heterocycles. The number of nitrogens with one attached hydrogen (secondary N) is 1. The fourth-order valence-corrected chi connectivity index (χ4v) is 7.64. The van der Waals surface area contributed by atoms with Crippen molar-refractivity contribution in [2.24, 2.45) is 0 Å². The summed E-state index contributed by atoms with van der Waals surface area (Å²) in [6, 6.07) is 8.25. The lowest BCUT2D eigenvalue weighted by atomic mass is 10.1. The van der Waals surface area contributed by atoms with Crippen LogP contribution in [-0.2, 0) is 21.1 Å². The number of amides is 2. The Kier molecular flexibility index (Phi) is 6.39. The van der Waals surface area contributed by atoms with Crippen molar-refractivity contribution < 1.29 is 26.8 Å². The third kappa shape index (κ3) is 4.71. The van der Waals surface area contributed by atoms with E-state index in [1.807, 2.05) is 6.07 Å². The number of carbonyl (C=O) groups is 2. The van der Waals surface area contributed by atoms with Crippen molar-refractivity contribution >= 4 is 54.3 Å². The first kappa shape index (κ1) is 26.4. The number of imide groups is 1. The summed E-state index contributed by atoms with van der Waals surface area (Å²) in [7, 11) is -3.95. The third-order valence-corrected chi connectivity index (χ3v) is 11.1. The Morgan fingerprint density at radius 1 is 1.13 bits per heavy atom. The van der Waals surface area contributed by atoms with Gasteiger partial charge in [-0.2, -0.15) is 4.39 Å². The van der Waals surface area contributed by atoms with Gasteiger partial charge >= 0.3 is 0 Å². The molecule has 14 heteroatoms. The molecule has 198 valence electrons. The number of nitrogens with zero attached hydrogens (tertiary/aromatic N) is 4. The molecule has 1 N–H and O–H groups in total. The maximum absolute atomic E-state index is 13.7. The quantitative estimate of drug-likeness (QED) is 0.327. The highest BCUT2D eigenvalue weighted by atomic mass is 32.2. The minimum Gasteiger partial charge on any atom is -0.423 e. The molecule has 38 heavy (non-hydrogen) atoms. The fourth-order valence-electron chi connectivity index (χ4n) is 3.86. The Balaban J connectivity index is 1.55. The van der Waals surface area contributed by atoms with Gasteiger partial charge in [0.2, 0.25) is 23.6 Å². The molecule has 1 saturated heterocycles. The number of benzene rings is 1. The first-order valence-corrected chi connectivity index (χ1v) is 14.6. The normalized spacial score (nSPS) is 19.2. The summed E-state index contributed by atoms with van der Waals surface area (Å²) in [4.78, 5) is 32.2. The minimum absolute atomic E-state index is 0.0289. The fraction of sp³-hybridized carbons (Fsp3) is 0.333. The van der Waals surface area contributed by atoms with Crippen LogP contribution in [0, 0.1) is 5.95 Å². The van der Waals surface area contributed by atoms with E-state index in [0.29, 0.717) is 15.8 Å². The molecule has 4 aromatic rings. The monoisotopic (exact) mass is 575 g/mol. The van der Waals surface area contributed by atoms with E-state index in [4.69, 9.17) is 4.42 Å². The molecule has 2 amide bonds. The molecule has 1 aliphatic rings. The topological polar surface area (TPSA) is 145 Å². The number of thiazole rings is 1. The Morgan fingerprint density at radius 2 is 1.87 bits per heavy atom. The van der Waals surface area contributed by atoms with E-state index in [0.717, 1.165) is 17.3 Å². The average molecular weight is 576 g/mol. The van der Waals surface area contributed by atoms with Gasteiger partial charge in [-0.25, -0.2) is 18.4 Å². The van der Waals surface area contributed by atoms with Gasteiger partial charge in [0.1, 0.15) is 9.75 Å². The summed E-state index contributed by atoms with van der Waals surface area (Å²) < 4.78 is 44.9. The summed E-state index contributed by atoms with van der Waals surface area (Å²) in [5.74, 6) is -1.21. The molecule has 0 bridgehead atoms. The summed E-state index contributed by atoms with van der Waals surface area (Å²) in [5.41, 5.74) is 2.04. The van der Waals surface area contributed by atoms with Crippen LogP contribution in [0.4, 0.5) is 9.18 Å². The van der Waals surface area contributed by atoms with E-state index < -0.39 is 41.7 Å². The number of thioether (sulfide) groups is 1. The SMILES string of the molecule is CC1(Cc2nnc(C(c3nc4ccc(-c5ccc(F)nc5)cc4s3)S(=O)(=O)C(C)(C)C)o2)SC(=O)NC1=O. The molecule has 0 aliphatic carbocycles. The van der Waals surface area contributed by atoms with Crippen LogP contribution < -0.4 is 5.32 Å². The van der Waals surface area contributed by atoms with Crippen LogP contribution in [0.2, 0.25) is 0 Å². The van der Waals surface area contributed by atoms with Crippen LogP contribution in [-0.4, -0.2) is 49.2 Å². The number of hydrogen-bond donors (Lipinski definition) is 1. The van der Waals surface area contributed by atoms with Gasteiger partial charge in [0.05, 0.1) is 15.0 Å². The molecule has 1 aromatic carbocycles. The molecule has 10 nitrogen and oxygen atoms in total. The van der Waals surface area contributed by atoms with Crippen molar-refractivity contribution in [1.82, 2.24) is 25.5 Å². The molecule has 3 aromatic heterocycles. The zero-order valence-corrected chi connectivity index (χ0v) is 23.1. The second-order valence-corrected chi connectivity index (χ2v) is 15.3. The summed E-state index contributed by atoms with van der Waals surface area (Å²) in [5, 5.41) is 8.68. The van der Waals surface area contributed by atoms with Crippen molar-refractivity contribution in [3.8, 4) is 11.1 Å². The van der Waals surface area contributed by atoms with Gasteiger partial charge in [0.25, 0.3) is 5.24 Å². The van der Waals surface area contributed by atoms with E-state index >= 15 is 0 Å². The third-order valence-electron chi connectivity index (χ3n) is 6.06. The van der Waals surface area contributed by atoms with Crippen LogP contribution >= 0.6 is 23.1 Å². The second kappa shape index (κ2) is 9.20. The van der Waals surface area contributed by atoms with Gasteiger partial charge in [-0.15, -0.1) is 21.5 Å². The lowest BCUT2D eigenvalue weighted by Gasteiger charge is -2.23. The van der Waals surface area contributed by atoms with Gasteiger partial charge in [-0.3, -0.25) is 14.9 Å². The number of fused-ring (bicyclic) bond motifs is 1. The van der Waals surface area contributed by atoms with Gasteiger partial charge in [0, 0.05) is 18.2 Å². The van der Waals surface area contributed by atoms with Gasteiger partial charge in [-0.1, -0.05) is 6.07 Å². The number of halogens is 1. The largest absolute Gasteiger partial charge is 0.423 e. The highest BCUT2D eigenvalue weighted by Gasteiger charge is 2.47. The van der Waals surface area contributed by atoms with Crippen molar-refractivity contribution in [3.63, 3.8) is 0 Å². The number of hydrogen-bond acceptors (Lipinski definition) is 11. The molecule has 5 rings (SSSR count). The van der Waals surface area contributed by atoms with Crippen molar-refractivity contribution in [2.45, 2.75) is 48.9 Å². The molecule has 0 spiro atoms. The molecule has 0 radical (unpaired) electrons. The number of aromatic nitrogens is 4. The average Bonchev–Trinajstić information content (AvgIpc) is 3.50. The molecule has 2 unspecified atom stereocenters. The number of sulfone groups is 1. The van der Waals surface area contributed by atoms with Crippen LogP contribution in [0.25, 0.3) is 21.3 Å². The lowest BCUT2D eigenvalue weighted by molar-refractivity contribution is -0.121. The van der Waals surface area contributed by atoms with Gasteiger partial charge in [0.15, 0.2) is 15.1 Å². The van der Waals surface area contributed by atoms with Gasteiger partial charge in [-0.05, 0) is 69.3 Å². The van der Waals surface area contributed by atoms with Crippen LogP contribution in [0.1, 0.15) is 49.7 Å². The maximum Gasteiger partial charge on any atom is 0.286 e. The van der Waals surface area contributed by atoms with Crippen LogP contribution in [0.5, 0.6) is 0 Å². The van der Waals surface area contributed by atoms with Crippen LogP contribution in [0.15, 0.2) is 40.9 Å². The molecular weight excluding hydrogens is 553 g/mol. The van der Waals surface area contributed by atoms with Crippen molar-refractivity contribution in [1.29, 1.82) is 0 Å². The van der Waals surface area contributed by atoms with E-state index in [1.54, 1.807) is 45.9 Å². The van der Waals surface area contributed by atoms with Crippen molar-refractivity contribution in [2.75, 3.05) is 0 Å². The zero-order chi connectivity index (χ0) is 27.5. The molecular formula is C24H22FN5O5S3. The highest BCUT2D eigenvalue weighted by molar-refractivity contribution is 8.16. The number of pyridine rings is 1. The summed E-state index contributed by atoms with van der Waals surface area (Å²) in [6.07, 6.45) is 1.36. The number of carbonyl (C=O) groups excluding carboxylic acids is 2. The van der Waals surface area contributed by atoms with Crippen LogP contribution in [0.3, 0.4) is 0 Å². The minimum atomic E-state index is -3.95. The van der Waals surface area contributed by atoms with Crippen molar-refractivity contribution in [3.05, 3.63) is 59.3 Å². The first-order chi connectivity index (χ1) is 17.8. The Morgan fingerprint density at radius 3 is 2.50 bits per heavy atom. The smallest absolute Gasteiger partial charge is 0.286 e. The molecule has 2 atom stereocenters. The van der Waals surface area contributed by atoms with E-state index in [9.17, 15) is 22.4 Å². The molecule has 1 fully saturated rings. The Bertz CT molecular complexity index is 1680. The molecule has 0 saturated carbocycles. The predicted molar refractivity (Wildman–Crippen MR) is 141 cm³/mol. The number of rotatable bonds is 6. The predicted octanol–water partition coefficient (Wildman–Crippen LogP) is 4.47. The second-order valence-electron chi connectivity index (χ2n) is 9.93. The lowest BCUT2D eigenvalue weighted by Crippen LogP contribution is -2.35. The van der Waals surface area contributed by atoms with E-state index in [1.165, 1.54) is 23.6 Å². The maximum atomic E-state index is 13.7. The Hall–Kier alpha value is -3.23. The Labute approximate surface area is 225 Å². The standard InChI is InChI=1S/C24H22FN5O5S3/c1-23(2,3)38(33,34)18(19-30-29-17(35-19)10-24(4)21(31)28-22(32)37-24)20-27-14-7-5-12(9-15(14)36-20)13-6-8-16(25)26-11-13/h5-9,11,18H,10H2,1-4H3,(H,28,31,32). The van der Waals surface area contributed by atoms with Gasteiger partial charge < -0.3 is 4.42 Å².